The summed E-state index contributed by atoms with van der Waals surface area (Å²) in [5.74, 6) is -0.320. The molecule has 0 saturated heterocycles. The normalized spacial score (nSPS) is 11.4. The van der Waals surface area contributed by atoms with Crippen molar-refractivity contribution in [2.45, 2.75) is 238 Å². The van der Waals surface area contributed by atoms with Crippen LogP contribution in [-0.4, -0.2) is 69.1 Å². The third-order valence-corrected chi connectivity index (χ3v) is 11.3. The monoisotopic (exact) mass is 814 g/mol. The van der Waals surface area contributed by atoms with Crippen LogP contribution in [0.15, 0.2) is 0 Å². The minimum atomic E-state index is -0.666. The predicted molar refractivity (Wildman–Crippen MR) is 238 cm³/mol. The minimum Gasteiger partial charge on any atom is -0.466 e. The van der Waals surface area contributed by atoms with E-state index in [9.17, 15) is 14.4 Å². The maximum atomic E-state index is 12.7. The number of methoxy groups -OCH3 is 1. The van der Waals surface area contributed by atoms with Crippen LogP contribution < -0.4 is 5.32 Å². The number of carbonyl (C=O) groups excluding carboxylic acids is 3. The van der Waals surface area contributed by atoms with E-state index in [2.05, 4.69) is 19.2 Å². The topological polar surface area (TPSA) is 100 Å². The lowest BCUT2D eigenvalue weighted by Gasteiger charge is -2.17. The second kappa shape index (κ2) is 46.4. The van der Waals surface area contributed by atoms with Gasteiger partial charge in [-0.3, -0.25) is 14.4 Å². The molecule has 1 N–H and O–H groups in total. The summed E-state index contributed by atoms with van der Waals surface area (Å²) in [7, 11) is 1.61. The van der Waals surface area contributed by atoms with Crippen molar-refractivity contribution >= 4 is 28.9 Å². The van der Waals surface area contributed by atoms with Crippen molar-refractivity contribution in [2.75, 3.05) is 45.9 Å². The van der Waals surface area contributed by atoms with Gasteiger partial charge in [-0.15, -0.1) is 0 Å². The Morgan fingerprint density at radius 1 is 0.429 bits per heavy atom. The van der Waals surface area contributed by atoms with Crippen LogP contribution in [0, 0.1) is 0 Å². The first-order valence-electron chi connectivity index (χ1n) is 23.8. The molecular weight excluding hydrogens is 723 g/mol. The number of thioether (sulfide) groups is 1. The van der Waals surface area contributed by atoms with Crippen LogP contribution in [0.5, 0.6) is 0 Å². The highest BCUT2D eigenvalue weighted by Crippen LogP contribution is 2.16. The number of nitrogens with one attached hydrogen (secondary N) is 1. The Labute approximate surface area is 350 Å². The Morgan fingerprint density at radius 2 is 0.750 bits per heavy atom. The molecule has 0 aromatic rings. The Hall–Kier alpha value is -1.32. The minimum absolute atomic E-state index is 0.0519. The summed E-state index contributed by atoms with van der Waals surface area (Å²) < 4.78 is 21.4. The van der Waals surface area contributed by atoms with Crippen LogP contribution >= 0.6 is 11.8 Å². The molecular formula is C47H91NO7S. The fourth-order valence-corrected chi connectivity index (χ4v) is 7.65. The first kappa shape index (κ1) is 54.7. The zero-order chi connectivity index (χ0) is 40.8. The first-order chi connectivity index (χ1) is 27.5. The molecule has 8 nitrogen and oxygen atoms in total. The van der Waals surface area contributed by atoms with Gasteiger partial charge in [-0.05, 0) is 12.8 Å². The quantitative estimate of drug-likeness (QED) is 0.0479. The van der Waals surface area contributed by atoms with Gasteiger partial charge >= 0.3 is 11.9 Å². The van der Waals surface area contributed by atoms with E-state index in [-0.39, 0.29) is 18.1 Å². The van der Waals surface area contributed by atoms with E-state index in [1.54, 1.807) is 7.11 Å². The lowest BCUT2D eigenvalue weighted by Crippen LogP contribution is -2.37. The van der Waals surface area contributed by atoms with Crippen molar-refractivity contribution in [3.8, 4) is 0 Å². The number of esters is 2. The van der Waals surface area contributed by atoms with Gasteiger partial charge in [0.25, 0.3) is 5.24 Å². The van der Waals surface area contributed by atoms with Crippen molar-refractivity contribution in [1.29, 1.82) is 0 Å². The Morgan fingerprint density at radius 3 is 1.07 bits per heavy atom. The summed E-state index contributed by atoms with van der Waals surface area (Å²) in [4.78, 5) is 38.0. The van der Waals surface area contributed by atoms with Gasteiger partial charge in [-0.2, -0.15) is 0 Å². The summed E-state index contributed by atoms with van der Waals surface area (Å²) in [5.41, 5.74) is 0. The molecule has 0 unspecified atom stereocenters. The van der Waals surface area contributed by atoms with E-state index in [4.69, 9.17) is 18.9 Å². The van der Waals surface area contributed by atoms with Crippen LogP contribution in [0.1, 0.15) is 232 Å². The highest BCUT2D eigenvalue weighted by molar-refractivity contribution is 8.13. The standard InChI is InChI=1S/C47H91NO7S/c1-4-6-8-10-12-14-16-18-20-22-24-26-28-30-32-34-36-54-45(49)42-44(48-47(51)56-41-40-53-39-38-52-3)43-46(50)55-37-35-33-31-29-27-25-23-21-19-17-15-13-11-9-7-5-2/h44H,4-43H2,1-3H3,(H,48,51). The van der Waals surface area contributed by atoms with Gasteiger partial charge in [-0.25, -0.2) is 0 Å². The predicted octanol–water partition coefficient (Wildman–Crippen LogP) is 13.9. The average Bonchev–Trinajstić information content (AvgIpc) is 3.18. The van der Waals surface area contributed by atoms with Gasteiger partial charge in [0.05, 0.1) is 51.9 Å². The Bertz CT molecular complexity index is 793. The third kappa shape index (κ3) is 43.8. The molecule has 0 atom stereocenters. The number of rotatable bonds is 45. The number of hydrogen-bond donors (Lipinski definition) is 1. The number of hydrogen-bond acceptors (Lipinski definition) is 8. The van der Waals surface area contributed by atoms with Gasteiger partial charge in [0.15, 0.2) is 0 Å². The Balaban J connectivity index is 4.13. The summed E-state index contributed by atoms with van der Waals surface area (Å²) >= 11 is 1.08. The number of carbonyl (C=O) groups is 3. The first-order valence-corrected chi connectivity index (χ1v) is 24.8. The van der Waals surface area contributed by atoms with Crippen molar-refractivity contribution < 1.29 is 33.3 Å². The highest BCUT2D eigenvalue weighted by Gasteiger charge is 2.22. The van der Waals surface area contributed by atoms with Crippen molar-refractivity contribution in [3.05, 3.63) is 0 Å². The van der Waals surface area contributed by atoms with Crippen LogP contribution in [0.3, 0.4) is 0 Å². The van der Waals surface area contributed by atoms with E-state index in [0.717, 1.165) is 50.3 Å². The van der Waals surface area contributed by atoms with Crippen LogP contribution in [0.2, 0.25) is 0 Å². The number of ether oxygens (including phenoxy) is 4. The highest BCUT2D eigenvalue weighted by atomic mass is 32.2. The van der Waals surface area contributed by atoms with Crippen LogP contribution in [0.4, 0.5) is 4.79 Å². The molecule has 0 aromatic heterocycles. The molecule has 0 aliphatic carbocycles. The van der Waals surface area contributed by atoms with Crippen molar-refractivity contribution in [1.82, 2.24) is 5.32 Å². The molecule has 0 saturated carbocycles. The van der Waals surface area contributed by atoms with E-state index in [1.807, 2.05) is 0 Å². The zero-order valence-corrected chi connectivity index (χ0v) is 37.9. The zero-order valence-electron chi connectivity index (χ0n) is 37.1. The lowest BCUT2D eigenvalue weighted by atomic mass is 10.0. The fourth-order valence-electron chi connectivity index (χ4n) is 7.01. The summed E-state index contributed by atoms with van der Waals surface area (Å²) in [6, 6.07) is -0.666. The van der Waals surface area contributed by atoms with E-state index in [1.165, 1.54) is 167 Å². The summed E-state index contributed by atoms with van der Waals surface area (Å²) in [5, 5.41) is 2.55. The molecule has 0 aromatic carbocycles. The molecule has 332 valence electrons. The molecule has 1 amide bonds. The molecule has 0 aliphatic heterocycles. The van der Waals surface area contributed by atoms with E-state index >= 15 is 0 Å². The second-order valence-electron chi connectivity index (χ2n) is 16.0. The van der Waals surface area contributed by atoms with Gasteiger partial charge in [-0.1, -0.05) is 218 Å². The molecule has 0 bridgehead atoms. The average molecular weight is 814 g/mol. The fraction of sp³-hybridized carbons (Fsp3) is 0.936. The van der Waals surface area contributed by atoms with Gasteiger partial charge < -0.3 is 24.3 Å². The van der Waals surface area contributed by atoms with Gasteiger partial charge in [0.2, 0.25) is 0 Å². The molecule has 0 spiro atoms. The largest absolute Gasteiger partial charge is 0.466 e. The van der Waals surface area contributed by atoms with E-state index < -0.39 is 18.0 Å². The molecule has 0 aliphatic rings. The molecule has 0 rings (SSSR count). The van der Waals surface area contributed by atoms with Gasteiger partial charge in [0.1, 0.15) is 0 Å². The van der Waals surface area contributed by atoms with Crippen LogP contribution in [0.25, 0.3) is 0 Å². The summed E-state index contributed by atoms with van der Waals surface area (Å²) in [6.07, 6.45) is 41.3. The number of amides is 1. The van der Waals surface area contributed by atoms with Crippen LogP contribution in [-0.2, 0) is 28.5 Å². The maximum Gasteiger partial charge on any atom is 0.307 e. The molecule has 9 heteroatoms. The molecule has 0 heterocycles. The Kier molecular flexibility index (Phi) is 45.3. The number of unbranched alkanes of at least 4 members (excludes halogenated alkanes) is 30. The van der Waals surface area contributed by atoms with Crippen molar-refractivity contribution in [3.63, 3.8) is 0 Å². The molecule has 0 radical (unpaired) electrons. The third-order valence-electron chi connectivity index (χ3n) is 10.6. The molecule has 56 heavy (non-hydrogen) atoms. The van der Waals surface area contributed by atoms with E-state index in [0.29, 0.717) is 38.8 Å². The van der Waals surface area contributed by atoms with Crippen molar-refractivity contribution in [2.24, 2.45) is 0 Å². The lowest BCUT2D eigenvalue weighted by molar-refractivity contribution is -0.146. The second-order valence-corrected chi connectivity index (χ2v) is 17.1. The summed E-state index contributed by atoms with van der Waals surface area (Å²) in [6.45, 7) is 6.67. The van der Waals surface area contributed by atoms with Gasteiger partial charge in [0, 0.05) is 12.9 Å². The SMILES string of the molecule is CCCCCCCCCCCCCCCCCCOC(=O)CC(CC(=O)OCCCCCCCCCCCCCCCCCC)NC(=O)SCCOCCOC. The smallest absolute Gasteiger partial charge is 0.307 e. The molecule has 0 fully saturated rings. The maximum absolute atomic E-state index is 12.7.